The maximum absolute atomic E-state index is 8.01. The molecule has 0 radical (unpaired) electrons. The second-order valence-electron chi connectivity index (χ2n) is 8.05. The summed E-state index contributed by atoms with van der Waals surface area (Å²) in [5, 5.41) is 8.01. The summed E-state index contributed by atoms with van der Waals surface area (Å²) in [6, 6.07) is 17.7. The molecule has 1 fully saturated rings. The van der Waals surface area contributed by atoms with Crippen LogP contribution in [0.3, 0.4) is 0 Å². The minimum Gasteiger partial charge on any atom is -0.305 e. The SMILES string of the molecule is CC(=C1CCCCC1)c1ccc(C2=CC(=N)CC=C2)cc1Cc1ccccc1. The molecule has 0 aromatic heterocycles. The van der Waals surface area contributed by atoms with Crippen LogP contribution in [0, 0.1) is 5.41 Å². The van der Waals surface area contributed by atoms with Gasteiger partial charge in [0.25, 0.3) is 0 Å². The van der Waals surface area contributed by atoms with Gasteiger partial charge in [-0.05, 0) is 78.5 Å². The van der Waals surface area contributed by atoms with Crippen molar-refractivity contribution in [3.8, 4) is 0 Å². The molecule has 0 heterocycles. The van der Waals surface area contributed by atoms with Crippen LogP contribution in [-0.2, 0) is 6.42 Å². The van der Waals surface area contributed by atoms with Gasteiger partial charge in [-0.1, -0.05) is 72.7 Å². The lowest BCUT2D eigenvalue weighted by atomic mass is 9.85. The third-order valence-corrected chi connectivity index (χ3v) is 6.03. The molecule has 28 heavy (non-hydrogen) atoms. The first-order chi connectivity index (χ1) is 13.7. The highest BCUT2D eigenvalue weighted by Gasteiger charge is 2.14. The predicted molar refractivity (Wildman–Crippen MR) is 121 cm³/mol. The van der Waals surface area contributed by atoms with Gasteiger partial charge in [-0.2, -0.15) is 0 Å². The summed E-state index contributed by atoms with van der Waals surface area (Å²) in [6.45, 7) is 2.32. The molecule has 2 aromatic carbocycles. The largest absolute Gasteiger partial charge is 0.305 e. The summed E-state index contributed by atoms with van der Waals surface area (Å²) in [5.74, 6) is 0. The van der Waals surface area contributed by atoms with Crippen molar-refractivity contribution in [1.29, 1.82) is 5.41 Å². The lowest BCUT2D eigenvalue weighted by molar-refractivity contribution is 0.600. The topological polar surface area (TPSA) is 23.9 Å². The molecule has 2 aliphatic rings. The normalized spacial score (nSPS) is 16.8. The highest BCUT2D eigenvalue weighted by molar-refractivity contribution is 6.03. The van der Waals surface area contributed by atoms with E-state index in [9.17, 15) is 0 Å². The first-order valence-electron chi connectivity index (χ1n) is 10.5. The smallest absolute Gasteiger partial charge is 0.0357 e. The van der Waals surface area contributed by atoms with Gasteiger partial charge in [0.15, 0.2) is 0 Å². The zero-order chi connectivity index (χ0) is 19.3. The monoisotopic (exact) mass is 367 g/mol. The van der Waals surface area contributed by atoms with Crippen molar-refractivity contribution in [3.05, 3.63) is 94.6 Å². The van der Waals surface area contributed by atoms with Crippen LogP contribution in [0.2, 0.25) is 0 Å². The molecule has 0 aliphatic heterocycles. The first-order valence-corrected chi connectivity index (χ1v) is 10.5. The van der Waals surface area contributed by atoms with Gasteiger partial charge < -0.3 is 5.41 Å². The number of nitrogens with one attached hydrogen (secondary N) is 1. The Hall–Kier alpha value is -2.67. The minimum atomic E-state index is 0.687. The van der Waals surface area contributed by atoms with Gasteiger partial charge in [0.1, 0.15) is 0 Å². The van der Waals surface area contributed by atoms with E-state index in [1.54, 1.807) is 5.57 Å². The summed E-state index contributed by atoms with van der Waals surface area (Å²) in [7, 11) is 0. The van der Waals surface area contributed by atoms with Gasteiger partial charge in [0.05, 0.1) is 0 Å². The van der Waals surface area contributed by atoms with Gasteiger partial charge in [0, 0.05) is 12.1 Å². The van der Waals surface area contributed by atoms with Crippen LogP contribution in [0.25, 0.3) is 11.1 Å². The molecule has 0 atom stereocenters. The number of hydrogen-bond donors (Lipinski definition) is 1. The second kappa shape index (κ2) is 8.56. The summed E-state index contributed by atoms with van der Waals surface area (Å²) < 4.78 is 0. The second-order valence-corrected chi connectivity index (χ2v) is 8.05. The Labute approximate surface area is 169 Å². The quantitative estimate of drug-likeness (QED) is 0.583. The van der Waals surface area contributed by atoms with E-state index in [1.807, 2.05) is 6.08 Å². The molecule has 1 nitrogen and oxygen atoms in total. The Kier molecular flexibility index (Phi) is 5.71. The Bertz CT molecular complexity index is 949. The highest BCUT2D eigenvalue weighted by Crippen LogP contribution is 2.34. The van der Waals surface area contributed by atoms with Crippen LogP contribution in [-0.4, -0.2) is 5.71 Å². The van der Waals surface area contributed by atoms with Crippen molar-refractivity contribution < 1.29 is 0 Å². The number of benzene rings is 2. The van der Waals surface area contributed by atoms with Crippen LogP contribution in [0.4, 0.5) is 0 Å². The highest BCUT2D eigenvalue weighted by atomic mass is 14.4. The molecular weight excluding hydrogens is 338 g/mol. The fourth-order valence-electron chi connectivity index (χ4n) is 4.43. The van der Waals surface area contributed by atoms with E-state index < -0.39 is 0 Å². The number of rotatable bonds is 4. The van der Waals surface area contributed by atoms with Crippen molar-refractivity contribution in [1.82, 2.24) is 0 Å². The number of hydrogen-bond acceptors (Lipinski definition) is 1. The van der Waals surface area contributed by atoms with E-state index in [0.29, 0.717) is 5.71 Å². The molecular formula is C27H29N. The molecule has 0 amide bonds. The summed E-state index contributed by atoms with van der Waals surface area (Å²) in [4.78, 5) is 0. The van der Waals surface area contributed by atoms with Crippen LogP contribution in [0.5, 0.6) is 0 Å². The Morgan fingerprint density at radius 1 is 0.964 bits per heavy atom. The van der Waals surface area contributed by atoms with Crippen molar-refractivity contribution in [2.24, 2.45) is 0 Å². The van der Waals surface area contributed by atoms with E-state index in [4.69, 9.17) is 5.41 Å². The molecule has 1 N–H and O–H groups in total. The van der Waals surface area contributed by atoms with E-state index in [1.165, 1.54) is 59.9 Å². The molecule has 0 bridgehead atoms. The van der Waals surface area contributed by atoms with Crippen molar-refractivity contribution >= 4 is 16.9 Å². The Balaban J connectivity index is 1.76. The lowest BCUT2D eigenvalue weighted by Gasteiger charge is -2.20. The van der Waals surface area contributed by atoms with Crippen molar-refractivity contribution in [2.45, 2.75) is 51.9 Å². The zero-order valence-corrected chi connectivity index (χ0v) is 16.8. The molecule has 0 unspecified atom stereocenters. The average molecular weight is 368 g/mol. The fraction of sp³-hybridized carbons (Fsp3) is 0.296. The summed E-state index contributed by atoms with van der Waals surface area (Å²) in [6.07, 6.45) is 14.5. The van der Waals surface area contributed by atoms with E-state index in [-0.39, 0.29) is 0 Å². The number of allylic oxidation sites excluding steroid dienone is 6. The Morgan fingerprint density at radius 3 is 2.50 bits per heavy atom. The van der Waals surface area contributed by atoms with Crippen LogP contribution >= 0.6 is 0 Å². The van der Waals surface area contributed by atoms with Crippen molar-refractivity contribution in [2.75, 3.05) is 0 Å². The van der Waals surface area contributed by atoms with Gasteiger partial charge in [-0.3, -0.25) is 0 Å². The van der Waals surface area contributed by atoms with Crippen LogP contribution < -0.4 is 0 Å². The average Bonchev–Trinajstić information content (AvgIpc) is 2.75. The standard InChI is InChI=1S/C27H29N/c1-20(22-11-6-3-7-12-22)27-16-15-24(23-13-8-14-26(28)19-23)18-25(27)17-21-9-4-2-5-10-21/h2,4-5,8-10,13,15-16,18-19,28H,3,6-7,11-12,14,17H2,1H3. The van der Waals surface area contributed by atoms with E-state index >= 15 is 0 Å². The van der Waals surface area contributed by atoms with Crippen LogP contribution in [0.15, 0.2) is 72.3 Å². The minimum absolute atomic E-state index is 0.687. The summed E-state index contributed by atoms with van der Waals surface area (Å²) >= 11 is 0. The predicted octanol–water partition coefficient (Wildman–Crippen LogP) is 7.38. The van der Waals surface area contributed by atoms with Gasteiger partial charge in [-0.25, -0.2) is 0 Å². The maximum atomic E-state index is 8.01. The molecule has 0 saturated heterocycles. The van der Waals surface area contributed by atoms with Gasteiger partial charge in [0.2, 0.25) is 0 Å². The third kappa shape index (κ3) is 4.25. The van der Waals surface area contributed by atoms with E-state index in [2.05, 4.69) is 67.6 Å². The van der Waals surface area contributed by atoms with Crippen LogP contribution in [0.1, 0.15) is 67.7 Å². The van der Waals surface area contributed by atoms with Crippen molar-refractivity contribution in [3.63, 3.8) is 0 Å². The summed E-state index contributed by atoms with van der Waals surface area (Å²) in [5.41, 5.74) is 10.3. The van der Waals surface area contributed by atoms with Gasteiger partial charge in [-0.15, -0.1) is 0 Å². The van der Waals surface area contributed by atoms with Gasteiger partial charge >= 0.3 is 0 Å². The molecule has 4 rings (SSSR count). The Morgan fingerprint density at radius 2 is 1.75 bits per heavy atom. The molecule has 142 valence electrons. The molecule has 0 spiro atoms. The maximum Gasteiger partial charge on any atom is 0.0357 e. The fourth-order valence-corrected chi connectivity index (χ4v) is 4.43. The third-order valence-electron chi connectivity index (χ3n) is 6.03. The molecule has 1 saturated carbocycles. The zero-order valence-electron chi connectivity index (χ0n) is 16.8. The lowest BCUT2D eigenvalue weighted by Crippen LogP contribution is -2.02. The molecule has 2 aromatic rings. The first kappa shape index (κ1) is 18.7. The van der Waals surface area contributed by atoms with E-state index in [0.717, 1.165) is 18.4 Å². The molecule has 2 aliphatic carbocycles. The molecule has 1 heteroatoms.